The molecule has 2 heterocycles. The van der Waals surface area contributed by atoms with Crippen LogP contribution in [0.3, 0.4) is 0 Å². The zero-order valence-electron chi connectivity index (χ0n) is 15.0. The molecule has 1 amide bonds. The topological polar surface area (TPSA) is 99.6 Å². The molecule has 0 radical (unpaired) electrons. The summed E-state index contributed by atoms with van der Waals surface area (Å²) < 4.78 is 26.9. The van der Waals surface area contributed by atoms with Gasteiger partial charge in [-0.1, -0.05) is 18.2 Å². The number of rotatable bonds is 4. The Morgan fingerprint density at radius 3 is 2.61 bits per heavy atom. The van der Waals surface area contributed by atoms with Crippen molar-refractivity contribution >= 4 is 32.5 Å². The molecule has 4 rings (SSSR count). The third kappa shape index (κ3) is 3.32. The predicted octanol–water partition coefficient (Wildman–Crippen LogP) is 2.98. The van der Waals surface area contributed by atoms with Crippen LogP contribution >= 0.6 is 0 Å². The number of hydrogen-bond acceptors (Lipinski definition) is 5. The monoisotopic (exact) mass is 397 g/mol. The first-order valence-electron chi connectivity index (χ1n) is 8.95. The van der Waals surface area contributed by atoms with Gasteiger partial charge in [0, 0.05) is 24.7 Å². The van der Waals surface area contributed by atoms with Crippen molar-refractivity contribution < 1.29 is 18.3 Å². The first kappa shape index (κ1) is 18.4. The summed E-state index contributed by atoms with van der Waals surface area (Å²) in [6, 6.07) is 12.8. The fourth-order valence-electron chi connectivity index (χ4n) is 3.33. The Kier molecular flexibility index (Phi) is 4.74. The van der Waals surface area contributed by atoms with Gasteiger partial charge >= 0.3 is 0 Å². The van der Waals surface area contributed by atoms with Gasteiger partial charge in [0.05, 0.1) is 21.7 Å². The minimum absolute atomic E-state index is 0.0400. The third-order valence-electron chi connectivity index (χ3n) is 4.80. The zero-order valence-corrected chi connectivity index (χ0v) is 15.8. The van der Waals surface area contributed by atoms with Crippen molar-refractivity contribution in [2.45, 2.75) is 17.7 Å². The minimum Gasteiger partial charge on any atom is -0.506 e. The molecule has 144 valence electrons. The quantitative estimate of drug-likeness (QED) is 0.660. The SMILES string of the molecule is O=C(Nc1cc(S(=O)(=O)N2CCCC2)ccc1O)c1cccc2cccnc12. The molecule has 7 nitrogen and oxygen atoms in total. The molecule has 28 heavy (non-hydrogen) atoms. The molecule has 0 saturated carbocycles. The number of carbonyl (C=O) groups is 1. The summed E-state index contributed by atoms with van der Waals surface area (Å²) in [6.45, 7) is 0.957. The lowest BCUT2D eigenvalue weighted by Crippen LogP contribution is -2.28. The van der Waals surface area contributed by atoms with Gasteiger partial charge in [-0.05, 0) is 43.2 Å². The molecule has 0 spiro atoms. The summed E-state index contributed by atoms with van der Waals surface area (Å²) in [5.74, 6) is -0.683. The zero-order chi connectivity index (χ0) is 19.7. The molecule has 0 aliphatic carbocycles. The Morgan fingerprint density at radius 1 is 1.07 bits per heavy atom. The number of aromatic hydroxyl groups is 1. The number of anilines is 1. The highest BCUT2D eigenvalue weighted by Gasteiger charge is 2.28. The predicted molar refractivity (Wildman–Crippen MR) is 106 cm³/mol. The molecule has 1 aliphatic heterocycles. The third-order valence-corrected chi connectivity index (χ3v) is 6.69. The van der Waals surface area contributed by atoms with E-state index >= 15 is 0 Å². The van der Waals surface area contributed by atoms with Crippen molar-refractivity contribution in [2.75, 3.05) is 18.4 Å². The lowest BCUT2D eigenvalue weighted by Gasteiger charge is -2.17. The number of phenols is 1. The van der Waals surface area contributed by atoms with E-state index in [1.54, 1.807) is 24.4 Å². The molecular formula is C20H19N3O4S. The number of pyridine rings is 1. The number of sulfonamides is 1. The van der Waals surface area contributed by atoms with Gasteiger partial charge < -0.3 is 10.4 Å². The van der Waals surface area contributed by atoms with Gasteiger partial charge in [-0.15, -0.1) is 0 Å². The molecule has 0 bridgehead atoms. The van der Waals surface area contributed by atoms with Crippen molar-refractivity contribution in [1.82, 2.24) is 9.29 Å². The number of para-hydroxylation sites is 1. The minimum atomic E-state index is -3.65. The van der Waals surface area contributed by atoms with E-state index < -0.39 is 15.9 Å². The Balaban J connectivity index is 1.67. The number of amides is 1. The van der Waals surface area contributed by atoms with Gasteiger partial charge in [0.25, 0.3) is 5.91 Å². The molecule has 1 saturated heterocycles. The fraction of sp³-hybridized carbons (Fsp3) is 0.200. The second kappa shape index (κ2) is 7.21. The van der Waals surface area contributed by atoms with E-state index in [1.165, 1.54) is 22.5 Å². The maximum atomic E-state index is 12.8. The van der Waals surface area contributed by atoms with E-state index in [2.05, 4.69) is 10.3 Å². The van der Waals surface area contributed by atoms with Gasteiger partial charge in [0.1, 0.15) is 5.75 Å². The van der Waals surface area contributed by atoms with Crippen LogP contribution in [0.4, 0.5) is 5.69 Å². The summed E-state index contributed by atoms with van der Waals surface area (Å²) in [5.41, 5.74) is 0.909. The van der Waals surface area contributed by atoms with Crippen LogP contribution in [-0.4, -0.2) is 41.8 Å². The van der Waals surface area contributed by atoms with Crippen molar-refractivity contribution in [3.8, 4) is 5.75 Å². The number of benzene rings is 2. The fourth-order valence-corrected chi connectivity index (χ4v) is 4.87. The van der Waals surface area contributed by atoms with Crippen LogP contribution in [0.15, 0.2) is 59.6 Å². The largest absolute Gasteiger partial charge is 0.506 e. The molecule has 2 aromatic carbocycles. The van der Waals surface area contributed by atoms with Gasteiger partial charge in [-0.3, -0.25) is 9.78 Å². The van der Waals surface area contributed by atoms with Crippen molar-refractivity contribution in [2.24, 2.45) is 0 Å². The molecule has 1 aliphatic rings. The molecule has 0 unspecified atom stereocenters. The maximum Gasteiger partial charge on any atom is 0.257 e. The van der Waals surface area contributed by atoms with Crippen LogP contribution < -0.4 is 5.32 Å². The van der Waals surface area contributed by atoms with Crippen LogP contribution in [-0.2, 0) is 10.0 Å². The number of fused-ring (bicyclic) bond motifs is 1. The Hall–Kier alpha value is -2.97. The van der Waals surface area contributed by atoms with Crippen molar-refractivity contribution in [3.05, 3.63) is 60.3 Å². The Labute approximate surface area is 162 Å². The Morgan fingerprint density at radius 2 is 1.82 bits per heavy atom. The van der Waals surface area contributed by atoms with Crippen molar-refractivity contribution in [3.63, 3.8) is 0 Å². The number of nitrogens with one attached hydrogen (secondary N) is 1. The highest BCUT2D eigenvalue weighted by molar-refractivity contribution is 7.89. The first-order valence-corrected chi connectivity index (χ1v) is 10.4. The average molecular weight is 397 g/mol. The number of carbonyl (C=O) groups excluding carboxylic acids is 1. The van der Waals surface area contributed by atoms with E-state index in [9.17, 15) is 18.3 Å². The normalized spacial score (nSPS) is 15.0. The summed E-state index contributed by atoms with van der Waals surface area (Å²) >= 11 is 0. The molecular weight excluding hydrogens is 378 g/mol. The molecule has 8 heteroatoms. The standard InChI is InChI=1S/C20H19N3O4S/c24-18-9-8-15(28(26,27)23-11-1-2-12-23)13-17(18)22-20(25)16-7-3-5-14-6-4-10-21-19(14)16/h3-10,13,24H,1-2,11-12H2,(H,22,25). The molecule has 3 aromatic rings. The first-order chi connectivity index (χ1) is 13.5. The van der Waals surface area contributed by atoms with Crippen molar-refractivity contribution in [1.29, 1.82) is 0 Å². The van der Waals surface area contributed by atoms with E-state index in [-0.39, 0.29) is 16.3 Å². The van der Waals surface area contributed by atoms with E-state index in [0.29, 0.717) is 24.2 Å². The number of aromatic nitrogens is 1. The van der Waals surface area contributed by atoms with E-state index in [0.717, 1.165) is 18.2 Å². The van der Waals surface area contributed by atoms with Gasteiger partial charge in [-0.25, -0.2) is 8.42 Å². The van der Waals surface area contributed by atoms with Crippen LogP contribution in [0.1, 0.15) is 23.2 Å². The summed E-state index contributed by atoms with van der Waals surface area (Å²) in [4.78, 5) is 17.1. The average Bonchev–Trinajstić information content (AvgIpc) is 3.25. The summed E-state index contributed by atoms with van der Waals surface area (Å²) in [7, 11) is -3.65. The second-order valence-electron chi connectivity index (χ2n) is 6.62. The summed E-state index contributed by atoms with van der Waals surface area (Å²) in [6.07, 6.45) is 3.25. The van der Waals surface area contributed by atoms with Gasteiger partial charge in [-0.2, -0.15) is 4.31 Å². The highest BCUT2D eigenvalue weighted by atomic mass is 32.2. The molecule has 1 fully saturated rings. The smallest absolute Gasteiger partial charge is 0.257 e. The van der Waals surface area contributed by atoms with Crippen LogP contribution in [0, 0.1) is 0 Å². The van der Waals surface area contributed by atoms with Gasteiger partial charge in [0.2, 0.25) is 10.0 Å². The number of phenolic OH excluding ortho intramolecular Hbond substituents is 1. The molecule has 1 aromatic heterocycles. The number of nitrogens with zero attached hydrogens (tertiary/aromatic N) is 2. The summed E-state index contributed by atoms with van der Waals surface area (Å²) in [5, 5.41) is 13.6. The highest BCUT2D eigenvalue weighted by Crippen LogP contribution is 2.30. The second-order valence-corrected chi connectivity index (χ2v) is 8.56. The van der Waals surface area contributed by atoms with Gasteiger partial charge in [0.15, 0.2) is 0 Å². The van der Waals surface area contributed by atoms with E-state index in [4.69, 9.17) is 0 Å². The maximum absolute atomic E-state index is 12.8. The van der Waals surface area contributed by atoms with Crippen LogP contribution in [0.5, 0.6) is 5.75 Å². The van der Waals surface area contributed by atoms with E-state index in [1.807, 2.05) is 12.1 Å². The number of hydrogen-bond donors (Lipinski definition) is 2. The van der Waals surface area contributed by atoms with Crippen LogP contribution in [0.25, 0.3) is 10.9 Å². The lowest BCUT2D eigenvalue weighted by atomic mass is 10.1. The molecule has 0 atom stereocenters. The molecule has 2 N–H and O–H groups in total. The lowest BCUT2D eigenvalue weighted by molar-refractivity contribution is 0.102. The Bertz CT molecular complexity index is 1150. The van der Waals surface area contributed by atoms with Crippen LogP contribution in [0.2, 0.25) is 0 Å².